The fraction of sp³-hybridized carbons (Fsp3) is 0.111. The largest absolute Gasteiger partial charge is 0.464 e. The van der Waals surface area contributed by atoms with Crippen LogP contribution in [0.15, 0.2) is 65.3 Å². The third-order valence-corrected chi connectivity index (χ3v) is 3.65. The van der Waals surface area contributed by atoms with Gasteiger partial charge in [-0.2, -0.15) is 26.3 Å². The zero-order valence-electron chi connectivity index (χ0n) is 12.4. The van der Waals surface area contributed by atoms with Crippen molar-refractivity contribution >= 4 is 0 Å². The summed E-state index contributed by atoms with van der Waals surface area (Å²) < 4.78 is 83.0. The summed E-state index contributed by atoms with van der Waals surface area (Å²) >= 11 is 0. The number of hydrogen-bond donors (Lipinski definition) is 0. The van der Waals surface area contributed by atoms with E-state index in [1.807, 2.05) is 0 Å². The van der Waals surface area contributed by atoms with Crippen LogP contribution in [0.2, 0.25) is 0 Å². The number of alkyl halides is 6. The fourth-order valence-corrected chi connectivity index (χ4v) is 2.46. The van der Waals surface area contributed by atoms with Crippen LogP contribution in [0.25, 0.3) is 22.5 Å². The molecule has 130 valence electrons. The van der Waals surface area contributed by atoms with E-state index in [0.29, 0.717) is 17.4 Å². The van der Waals surface area contributed by atoms with Crippen LogP contribution in [0, 0.1) is 0 Å². The predicted octanol–water partition coefficient (Wildman–Crippen LogP) is 6.65. The topological polar surface area (TPSA) is 13.1 Å². The molecule has 0 saturated carbocycles. The highest BCUT2D eigenvalue weighted by Gasteiger charge is 2.38. The molecule has 1 heterocycles. The second kappa shape index (κ2) is 5.98. The number of benzene rings is 2. The van der Waals surface area contributed by atoms with Gasteiger partial charge in [-0.1, -0.05) is 30.3 Å². The molecule has 3 aromatic rings. The van der Waals surface area contributed by atoms with Crippen molar-refractivity contribution in [3.05, 3.63) is 72.0 Å². The molecule has 25 heavy (non-hydrogen) atoms. The van der Waals surface area contributed by atoms with Crippen LogP contribution < -0.4 is 0 Å². The molecule has 0 amide bonds. The SMILES string of the molecule is FC(F)(F)c1ccc(-c2ccc(-c3ccco3)cc2)c(C(F)(F)F)c1. The Bertz CT molecular complexity index is 858. The molecule has 1 nitrogen and oxygen atoms in total. The molecule has 7 heteroatoms. The van der Waals surface area contributed by atoms with E-state index in [0.717, 1.165) is 6.07 Å². The van der Waals surface area contributed by atoms with E-state index in [-0.39, 0.29) is 17.2 Å². The zero-order chi connectivity index (χ0) is 18.2. The monoisotopic (exact) mass is 356 g/mol. The Morgan fingerprint density at radius 2 is 1.32 bits per heavy atom. The van der Waals surface area contributed by atoms with Crippen LogP contribution in [-0.4, -0.2) is 0 Å². The normalized spacial score (nSPS) is 12.4. The molecule has 0 fully saturated rings. The first-order valence-corrected chi connectivity index (χ1v) is 7.09. The average Bonchev–Trinajstić information content (AvgIpc) is 3.07. The van der Waals surface area contributed by atoms with Crippen molar-refractivity contribution in [3.63, 3.8) is 0 Å². The Morgan fingerprint density at radius 1 is 0.680 bits per heavy atom. The molecule has 0 atom stereocenters. The summed E-state index contributed by atoms with van der Waals surface area (Å²) in [6.07, 6.45) is -8.29. The van der Waals surface area contributed by atoms with Gasteiger partial charge in [0.1, 0.15) is 5.76 Å². The van der Waals surface area contributed by atoms with Crippen LogP contribution >= 0.6 is 0 Å². The molecule has 3 rings (SSSR count). The maximum absolute atomic E-state index is 13.2. The first-order valence-electron chi connectivity index (χ1n) is 7.09. The van der Waals surface area contributed by atoms with Crippen molar-refractivity contribution in [1.82, 2.24) is 0 Å². The Labute approximate surface area is 138 Å². The molecule has 0 aliphatic carbocycles. The molecular formula is C18H10F6O. The number of rotatable bonds is 2. The quantitative estimate of drug-likeness (QED) is 0.469. The van der Waals surface area contributed by atoms with Gasteiger partial charge >= 0.3 is 12.4 Å². The Hall–Kier alpha value is -2.70. The second-order valence-electron chi connectivity index (χ2n) is 5.31. The number of hydrogen-bond acceptors (Lipinski definition) is 1. The highest BCUT2D eigenvalue weighted by molar-refractivity contribution is 5.71. The lowest BCUT2D eigenvalue weighted by Crippen LogP contribution is -2.12. The van der Waals surface area contributed by atoms with Crippen molar-refractivity contribution in [3.8, 4) is 22.5 Å². The lowest BCUT2D eigenvalue weighted by atomic mass is 9.96. The molecule has 0 aliphatic heterocycles. The van der Waals surface area contributed by atoms with Gasteiger partial charge in [0, 0.05) is 5.56 Å². The zero-order valence-corrected chi connectivity index (χ0v) is 12.4. The standard InChI is InChI=1S/C18H10F6O/c19-17(20,21)13-7-8-14(15(10-13)18(22,23)24)11-3-5-12(6-4-11)16-2-1-9-25-16/h1-10H. The van der Waals surface area contributed by atoms with E-state index in [4.69, 9.17) is 4.42 Å². The van der Waals surface area contributed by atoms with Gasteiger partial charge in [0.15, 0.2) is 0 Å². The summed E-state index contributed by atoms with van der Waals surface area (Å²) in [4.78, 5) is 0. The minimum atomic E-state index is -4.91. The molecule has 2 aromatic carbocycles. The predicted molar refractivity (Wildman–Crippen MR) is 79.6 cm³/mol. The van der Waals surface area contributed by atoms with Crippen LogP contribution in [0.3, 0.4) is 0 Å². The molecule has 0 radical (unpaired) electrons. The van der Waals surface area contributed by atoms with Gasteiger partial charge in [0.25, 0.3) is 0 Å². The summed E-state index contributed by atoms with van der Waals surface area (Å²) in [5, 5.41) is 0. The van der Waals surface area contributed by atoms with Gasteiger partial charge in [-0.05, 0) is 35.4 Å². The minimum Gasteiger partial charge on any atom is -0.464 e. The smallest absolute Gasteiger partial charge is 0.417 e. The van der Waals surface area contributed by atoms with E-state index in [9.17, 15) is 26.3 Å². The van der Waals surface area contributed by atoms with Crippen LogP contribution in [0.1, 0.15) is 11.1 Å². The lowest BCUT2D eigenvalue weighted by molar-refractivity contribution is -0.142. The Balaban J connectivity index is 2.07. The summed E-state index contributed by atoms with van der Waals surface area (Å²) in [5.41, 5.74) is -2.17. The van der Waals surface area contributed by atoms with E-state index in [1.165, 1.54) is 18.4 Å². The summed E-state index contributed by atoms with van der Waals surface area (Å²) in [5.74, 6) is 0.537. The van der Waals surface area contributed by atoms with Gasteiger partial charge in [-0.25, -0.2) is 0 Å². The van der Waals surface area contributed by atoms with Crippen LogP contribution in [0.5, 0.6) is 0 Å². The lowest BCUT2D eigenvalue weighted by Gasteiger charge is -2.16. The van der Waals surface area contributed by atoms with Crippen molar-refractivity contribution < 1.29 is 30.8 Å². The van der Waals surface area contributed by atoms with Crippen molar-refractivity contribution in [2.24, 2.45) is 0 Å². The number of halogens is 6. The summed E-state index contributed by atoms with van der Waals surface area (Å²) in [6, 6.07) is 10.9. The third kappa shape index (κ3) is 3.55. The van der Waals surface area contributed by atoms with Crippen LogP contribution in [-0.2, 0) is 12.4 Å². The van der Waals surface area contributed by atoms with Crippen molar-refractivity contribution in [2.75, 3.05) is 0 Å². The van der Waals surface area contributed by atoms with Gasteiger partial charge in [0.2, 0.25) is 0 Å². The first kappa shape index (κ1) is 17.1. The van der Waals surface area contributed by atoms with E-state index in [2.05, 4.69) is 0 Å². The molecule has 0 N–H and O–H groups in total. The molecular weight excluding hydrogens is 346 g/mol. The van der Waals surface area contributed by atoms with Gasteiger partial charge < -0.3 is 4.42 Å². The highest BCUT2D eigenvalue weighted by atomic mass is 19.4. The average molecular weight is 356 g/mol. The fourth-order valence-electron chi connectivity index (χ4n) is 2.46. The summed E-state index contributed by atoms with van der Waals surface area (Å²) in [7, 11) is 0. The molecule has 0 bridgehead atoms. The minimum absolute atomic E-state index is 0.135. The molecule has 1 aromatic heterocycles. The molecule has 0 spiro atoms. The van der Waals surface area contributed by atoms with E-state index >= 15 is 0 Å². The maximum atomic E-state index is 13.2. The summed E-state index contributed by atoms with van der Waals surface area (Å²) in [6.45, 7) is 0. The first-order chi connectivity index (χ1) is 11.7. The van der Waals surface area contributed by atoms with E-state index < -0.39 is 23.5 Å². The number of furan rings is 1. The second-order valence-corrected chi connectivity index (χ2v) is 5.31. The molecule has 0 aliphatic rings. The van der Waals surface area contributed by atoms with E-state index in [1.54, 1.807) is 24.3 Å². The van der Waals surface area contributed by atoms with Crippen molar-refractivity contribution in [2.45, 2.75) is 12.4 Å². The molecule has 0 saturated heterocycles. The maximum Gasteiger partial charge on any atom is 0.417 e. The Kier molecular flexibility index (Phi) is 4.10. The van der Waals surface area contributed by atoms with Gasteiger partial charge in [0.05, 0.1) is 17.4 Å². The Morgan fingerprint density at radius 3 is 1.84 bits per heavy atom. The van der Waals surface area contributed by atoms with Gasteiger partial charge in [-0.15, -0.1) is 0 Å². The van der Waals surface area contributed by atoms with Crippen molar-refractivity contribution in [1.29, 1.82) is 0 Å². The van der Waals surface area contributed by atoms with Crippen LogP contribution in [0.4, 0.5) is 26.3 Å². The molecule has 0 unspecified atom stereocenters. The highest BCUT2D eigenvalue weighted by Crippen LogP contribution is 2.41. The third-order valence-electron chi connectivity index (χ3n) is 3.65. The van der Waals surface area contributed by atoms with Gasteiger partial charge in [-0.3, -0.25) is 0 Å².